The van der Waals surface area contributed by atoms with Gasteiger partial charge in [-0.3, -0.25) is 33.6 Å². The van der Waals surface area contributed by atoms with E-state index in [-0.39, 0.29) is 69.6 Å². The number of aryl methyl sites for hydroxylation is 2. The molecule has 1 aromatic heterocycles. The van der Waals surface area contributed by atoms with Gasteiger partial charge in [-0.05, 0) is 176 Å². The minimum Gasteiger partial charge on any atom is -0.497 e. The van der Waals surface area contributed by atoms with Gasteiger partial charge in [-0.25, -0.2) is 9.78 Å². The van der Waals surface area contributed by atoms with Crippen LogP contribution in [0, 0.1) is 13.8 Å². The van der Waals surface area contributed by atoms with E-state index in [1.807, 2.05) is 74.5 Å². The first-order valence-corrected chi connectivity index (χ1v) is 35.2. The summed E-state index contributed by atoms with van der Waals surface area (Å²) < 4.78 is 108. The number of esters is 2. The maximum Gasteiger partial charge on any atom is 0.416 e. The first-order valence-electron chi connectivity index (χ1n) is 35.2. The van der Waals surface area contributed by atoms with E-state index in [1.54, 1.807) is 75.6 Å². The van der Waals surface area contributed by atoms with Crippen molar-refractivity contribution in [3.8, 4) is 56.5 Å². The Morgan fingerprint density at radius 3 is 1.26 bits per heavy atom. The number of aliphatic carboxylic acids is 1. The zero-order chi connectivity index (χ0) is 81.3. The van der Waals surface area contributed by atoms with Crippen molar-refractivity contribution in [1.29, 1.82) is 0 Å². The van der Waals surface area contributed by atoms with Gasteiger partial charge in [0.15, 0.2) is 12.4 Å². The monoisotopic (exact) mass is 1540 g/mol. The van der Waals surface area contributed by atoms with Crippen LogP contribution in [0.15, 0.2) is 241 Å². The number of ketones is 1. The smallest absolute Gasteiger partial charge is 0.416 e. The summed E-state index contributed by atoms with van der Waals surface area (Å²) >= 11 is 0. The number of carbonyl (C=O) groups is 8. The molecule has 0 spiro atoms. The molecule has 113 heavy (non-hydrogen) atoms. The number of nitrogens with one attached hydrogen (secondary N) is 2. The lowest BCUT2D eigenvalue weighted by Gasteiger charge is -2.25. The van der Waals surface area contributed by atoms with Gasteiger partial charge >= 0.3 is 30.3 Å². The second kappa shape index (κ2) is 36.4. The molecule has 0 atom stereocenters. The van der Waals surface area contributed by atoms with Crippen molar-refractivity contribution < 1.29 is 93.2 Å². The Hall–Kier alpha value is -13.5. The topological polar surface area (TPSA) is 250 Å². The number of rotatable bonds is 26. The van der Waals surface area contributed by atoms with Crippen LogP contribution in [0.4, 0.5) is 37.7 Å². The minimum absolute atomic E-state index is 0.00134. The van der Waals surface area contributed by atoms with E-state index in [0.29, 0.717) is 33.8 Å². The lowest BCUT2D eigenvalue weighted by atomic mass is 10.0. The first kappa shape index (κ1) is 82.1. The summed E-state index contributed by atoms with van der Waals surface area (Å²) in [7, 11) is 2.49. The van der Waals surface area contributed by atoms with Gasteiger partial charge in [-0.1, -0.05) is 145 Å². The van der Waals surface area contributed by atoms with Crippen LogP contribution in [0.3, 0.4) is 0 Å². The van der Waals surface area contributed by atoms with Crippen LogP contribution in [0.1, 0.15) is 107 Å². The quantitative estimate of drug-likeness (QED) is 0.0259. The number of ether oxygens (including phenoxy) is 4. The highest BCUT2D eigenvalue weighted by molar-refractivity contribution is 6.01. The van der Waals surface area contributed by atoms with E-state index in [2.05, 4.69) is 39.9 Å². The lowest BCUT2D eigenvalue weighted by Crippen LogP contribution is -2.38. The average Bonchev–Trinajstić information content (AvgIpc) is 1.61. The largest absolute Gasteiger partial charge is 0.497 e. The van der Waals surface area contributed by atoms with Crippen molar-refractivity contribution in [2.24, 2.45) is 0 Å². The highest BCUT2D eigenvalue weighted by atomic mass is 19.4. The van der Waals surface area contributed by atoms with E-state index in [1.165, 1.54) is 110 Å². The number of hydrogen-bond acceptors (Lipinski definition) is 14. The van der Waals surface area contributed by atoms with Gasteiger partial charge in [0.2, 0.25) is 17.7 Å². The number of carbonyl (C=O) groups excluding carboxylic acids is 7. The van der Waals surface area contributed by atoms with Crippen LogP contribution in [-0.2, 0) is 66.9 Å². The maximum absolute atomic E-state index is 13.8. The van der Waals surface area contributed by atoms with Crippen LogP contribution in [0.25, 0.3) is 45.0 Å². The Morgan fingerprint density at radius 2 is 0.841 bits per heavy atom. The summed E-state index contributed by atoms with van der Waals surface area (Å²) in [5.74, 6) is -5.10. The van der Waals surface area contributed by atoms with E-state index < -0.39 is 103 Å². The number of anilines is 2. The molecule has 0 aliphatic carbocycles. The van der Waals surface area contributed by atoms with E-state index in [0.717, 1.165) is 50.4 Å². The zero-order valence-electron chi connectivity index (χ0n) is 62.3. The van der Waals surface area contributed by atoms with Crippen molar-refractivity contribution in [3.05, 3.63) is 304 Å². The third kappa shape index (κ3) is 23.1. The molecule has 0 saturated carbocycles. The van der Waals surface area contributed by atoms with Crippen LogP contribution < -0.4 is 20.1 Å². The molecular formula is C88H77F6N5O14. The molecule has 19 nitrogen and oxygen atoms in total. The summed E-state index contributed by atoms with van der Waals surface area (Å²) in [5.41, 5.74) is 8.04. The molecule has 11 aromatic rings. The number of methoxy groups -OCH3 is 2. The third-order valence-corrected chi connectivity index (χ3v) is 17.6. The van der Waals surface area contributed by atoms with Crippen molar-refractivity contribution in [2.45, 2.75) is 78.5 Å². The Bertz CT molecular complexity index is 5220. The molecule has 3 N–H and O–H groups in total. The van der Waals surface area contributed by atoms with Crippen molar-refractivity contribution in [2.75, 3.05) is 44.5 Å². The molecule has 580 valence electrons. The van der Waals surface area contributed by atoms with Crippen molar-refractivity contribution >= 4 is 58.7 Å². The van der Waals surface area contributed by atoms with Gasteiger partial charge in [0, 0.05) is 52.3 Å². The van der Waals surface area contributed by atoms with E-state index in [4.69, 9.17) is 23.4 Å². The molecule has 0 radical (unpaired) electrons. The van der Waals surface area contributed by atoms with Crippen molar-refractivity contribution in [3.63, 3.8) is 0 Å². The van der Waals surface area contributed by atoms with Crippen LogP contribution in [0.5, 0.6) is 11.5 Å². The Kier molecular flexibility index (Phi) is 26.4. The fourth-order valence-electron chi connectivity index (χ4n) is 11.8. The molecule has 0 saturated heterocycles. The number of aromatic nitrogens is 1. The fourth-order valence-corrected chi connectivity index (χ4v) is 11.8. The molecule has 0 aliphatic heterocycles. The average molecular weight is 1540 g/mol. The van der Waals surface area contributed by atoms with Crippen molar-refractivity contribution in [1.82, 2.24) is 14.8 Å². The third-order valence-electron chi connectivity index (χ3n) is 17.6. The number of oxazole rings is 1. The molecule has 10 aromatic carbocycles. The van der Waals surface area contributed by atoms with Gasteiger partial charge < -0.3 is 48.9 Å². The Morgan fingerprint density at radius 1 is 0.460 bits per heavy atom. The Labute approximate surface area is 646 Å². The molecule has 0 aliphatic rings. The number of nitrogens with zero attached hydrogens (tertiary/aromatic N) is 3. The highest BCUT2D eigenvalue weighted by Crippen LogP contribution is 2.37. The van der Waals surface area contributed by atoms with Gasteiger partial charge in [0.1, 0.15) is 42.1 Å². The van der Waals surface area contributed by atoms with Crippen LogP contribution in [-0.4, -0.2) is 107 Å². The number of Topliss-reactive ketones (excluding diaryl/α,β-unsaturated/α-hetero) is 1. The molecule has 11 rings (SSSR count). The summed E-state index contributed by atoms with van der Waals surface area (Å²) in [6.07, 6.45) is -8.93. The number of alkyl halides is 6. The molecule has 0 fully saturated rings. The van der Waals surface area contributed by atoms with E-state index >= 15 is 0 Å². The molecule has 0 unspecified atom stereocenters. The minimum atomic E-state index is -4.70. The number of hydrogen-bond donors (Lipinski definition) is 3. The Balaban J connectivity index is 0.000000240. The zero-order valence-corrected chi connectivity index (χ0v) is 62.3. The van der Waals surface area contributed by atoms with Gasteiger partial charge in [-0.15, -0.1) is 0 Å². The fraction of sp³-hybridized carbons (Fsp3) is 0.193. The van der Waals surface area contributed by atoms with Crippen LogP contribution >= 0.6 is 0 Å². The van der Waals surface area contributed by atoms with E-state index in [9.17, 15) is 69.8 Å². The SMILES string of the molecule is COc1ccc(CC(=O)Nc2ccc(C(=O)N(CC(=O)O)Cc3ccc(-c4nc(-c5ccc(-c6ccc(C)cc6)cc5)co4)cc3)cc2)c(C(F)(F)F)c1.COc1ccc(CC(=O)Nc2ccc(C(=O)N(CC(=O)OC(C)(C)C)Cc3ccc(C(=O)OCC(=O)c4ccc(-c5ccc(C)cc5)cc4)cc3)cc2)c(C(F)(F)F)c1. The number of amides is 4. The number of halogens is 6. The molecular weight excluding hydrogens is 1460 g/mol. The predicted molar refractivity (Wildman–Crippen MR) is 412 cm³/mol. The summed E-state index contributed by atoms with van der Waals surface area (Å²) in [6.45, 7) is 7.58. The maximum atomic E-state index is 13.8. The lowest BCUT2D eigenvalue weighted by molar-refractivity contribution is -0.155. The van der Waals surface area contributed by atoms with Gasteiger partial charge in [-0.2, -0.15) is 26.3 Å². The standard InChI is InChI=1S/C46H43F3N2O8.C42H34F3N3O6/c1-29-6-10-31(11-7-29)32-14-16-33(17-15-32)40(52)28-58-44(56)35-12-8-30(9-13-35)26-51(27-42(54)59-45(2,3)4)43(55)34-18-21-37(22-19-34)50-41(53)24-36-20-23-38(57-5)25-39(36)46(47,48)49;1-26-3-7-28(8-4-26)29-11-13-30(14-12-29)37-25-54-40(47-37)31-9-5-27(6-10-31)23-48(24-39(50)51)41(52)32-15-18-34(19-16-32)46-38(49)21-33-17-20-35(53-2)22-36(33)42(43,44)45/h6-23,25H,24,26-28H2,1-5H3,(H,50,53);3-20,22,25H,21,23-24H2,1-2H3,(H,46,49)(H,50,51). The second-order valence-electron chi connectivity index (χ2n) is 27.3. The summed E-state index contributed by atoms with van der Waals surface area (Å²) in [4.78, 5) is 110. The molecule has 0 bridgehead atoms. The number of carboxylic acid groups (broad SMARTS) is 1. The highest BCUT2D eigenvalue weighted by Gasteiger charge is 2.36. The predicted octanol–water partition coefficient (Wildman–Crippen LogP) is 17.8. The normalized spacial score (nSPS) is 11.3. The molecule has 4 amide bonds. The number of benzene rings is 10. The number of carboxylic acids is 1. The summed E-state index contributed by atoms with van der Waals surface area (Å²) in [6, 6.07) is 62.5. The molecule has 25 heteroatoms. The summed E-state index contributed by atoms with van der Waals surface area (Å²) in [5, 5.41) is 14.6. The second-order valence-corrected chi connectivity index (χ2v) is 27.3. The van der Waals surface area contributed by atoms with Crippen LogP contribution in [0.2, 0.25) is 0 Å². The van der Waals surface area contributed by atoms with Gasteiger partial charge in [0.25, 0.3) is 11.8 Å². The first-order chi connectivity index (χ1) is 53.7. The van der Waals surface area contributed by atoms with Gasteiger partial charge in [0.05, 0.1) is 43.8 Å². The molecule has 1 heterocycles.